The molecule has 1 atom stereocenters. The second kappa shape index (κ2) is 10.2. The van der Waals surface area contributed by atoms with Gasteiger partial charge in [0.1, 0.15) is 23.1 Å². The van der Waals surface area contributed by atoms with E-state index in [0.717, 1.165) is 5.56 Å². The van der Waals surface area contributed by atoms with E-state index < -0.39 is 6.04 Å². The Hall–Kier alpha value is -3.10. The number of benzene rings is 2. The summed E-state index contributed by atoms with van der Waals surface area (Å²) in [6, 6.07) is 14.6. The van der Waals surface area contributed by atoms with Gasteiger partial charge in [-0.1, -0.05) is 42.4 Å². The maximum atomic E-state index is 13.3. The lowest BCUT2D eigenvalue weighted by Gasteiger charge is -2.19. The van der Waals surface area contributed by atoms with E-state index >= 15 is 0 Å². The zero-order chi connectivity index (χ0) is 23.4. The fourth-order valence-electron chi connectivity index (χ4n) is 3.48. The third-order valence-corrected chi connectivity index (χ3v) is 6.44. The molecule has 1 unspecified atom stereocenters. The number of anilines is 1. The fourth-order valence-corrected chi connectivity index (χ4v) is 4.74. The van der Waals surface area contributed by atoms with Crippen LogP contribution in [0.3, 0.4) is 0 Å². The van der Waals surface area contributed by atoms with E-state index in [9.17, 15) is 9.18 Å². The SMILES string of the molecule is CCC(C(=O)Nc1ccc(OC)c(Cl)c1)n1c(SCc2ccc(F)cc2)nc2cccnc21. The van der Waals surface area contributed by atoms with Crippen LogP contribution in [0, 0.1) is 5.82 Å². The Kier molecular flexibility index (Phi) is 7.15. The first-order valence-corrected chi connectivity index (χ1v) is 11.7. The molecule has 0 fully saturated rings. The lowest BCUT2D eigenvalue weighted by molar-refractivity contribution is -0.119. The number of amides is 1. The molecule has 1 N–H and O–H groups in total. The molecule has 0 bridgehead atoms. The van der Waals surface area contributed by atoms with Crippen molar-refractivity contribution in [1.29, 1.82) is 0 Å². The molecule has 0 spiro atoms. The number of thioether (sulfide) groups is 1. The smallest absolute Gasteiger partial charge is 0.247 e. The highest BCUT2D eigenvalue weighted by atomic mass is 35.5. The second-order valence-electron chi connectivity index (χ2n) is 7.29. The number of pyridine rings is 1. The van der Waals surface area contributed by atoms with Crippen molar-refractivity contribution in [3.63, 3.8) is 0 Å². The number of halogens is 2. The maximum absolute atomic E-state index is 13.3. The summed E-state index contributed by atoms with van der Waals surface area (Å²) >= 11 is 7.69. The summed E-state index contributed by atoms with van der Waals surface area (Å²) in [5.74, 6) is 0.635. The minimum atomic E-state index is -0.540. The van der Waals surface area contributed by atoms with Gasteiger partial charge in [0.25, 0.3) is 0 Å². The van der Waals surface area contributed by atoms with E-state index in [1.54, 1.807) is 36.5 Å². The van der Waals surface area contributed by atoms with Crippen LogP contribution < -0.4 is 10.1 Å². The lowest BCUT2D eigenvalue weighted by Crippen LogP contribution is -2.26. The van der Waals surface area contributed by atoms with Crippen molar-refractivity contribution in [1.82, 2.24) is 14.5 Å². The first-order valence-electron chi connectivity index (χ1n) is 10.3. The molecule has 6 nitrogen and oxygen atoms in total. The largest absolute Gasteiger partial charge is 0.495 e. The third kappa shape index (κ3) is 5.12. The van der Waals surface area contributed by atoms with Crippen molar-refractivity contribution in [2.24, 2.45) is 0 Å². The number of nitrogens with one attached hydrogen (secondary N) is 1. The zero-order valence-electron chi connectivity index (χ0n) is 18.1. The molecule has 4 aromatic rings. The van der Waals surface area contributed by atoms with Gasteiger partial charge < -0.3 is 10.1 Å². The number of ether oxygens (including phenoxy) is 1. The Balaban J connectivity index is 1.63. The van der Waals surface area contributed by atoms with Crippen LogP contribution in [0.4, 0.5) is 10.1 Å². The first kappa shape index (κ1) is 23.1. The Labute approximate surface area is 200 Å². The summed E-state index contributed by atoms with van der Waals surface area (Å²) < 4.78 is 20.3. The van der Waals surface area contributed by atoms with E-state index in [1.807, 2.05) is 23.6 Å². The molecule has 0 aliphatic heterocycles. The summed E-state index contributed by atoms with van der Waals surface area (Å²) in [5, 5.41) is 4.02. The zero-order valence-corrected chi connectivity index (χ0v) is 19.7. The molecular weight excluding hydrogens is 463 g/mol. The lowest BCUT2D eigenvalue weighted by atomic mass is 10.2. The average Bonchev–Trinajstić information content (AvgIpc) is 3.18. The third-order valence-electron chi connectivity index (χ3n) is 5.12. The van der Waals surface area contributed by atoms with Gasteiger partial charge in [0, 0.05) is 17.6 Å². The highest BCUT2D eigenvalue weighted by Gasteiger charge is 2.25. The van der Waals surface area contributed by atoms with E-state index in [-0.39, 0.29) is 11.7 Å². The normalized spacial score (nSPS) is 12.0. The van der Waals surface area contributed by atoms with Gasteiger partial charge in [-0.05, 0) is 54.4 Å². The number of imidazole rings is 1. The molecule has 9 heteroatoms. The van der Waals surface area contributed by atoms with Gasteiger partial charge in [-0.3, -0.25) is 9.36 Å². The number of hydrogen-bond acceptors (Lipinski definition) is 5. The number of rotatable bonds is 8. The van der Waals surface area contributed by atoms with E-state index in [0.29, 0.717) is 45.0 Å². The monoisotopic (exact) mass is 484 g/mol. The van der Waals surface area contributed by atoms with Crippen LogP contribution in [0.15, 0.2) is 66.0 Å². The Morgan fingerprint density at radius 1 is 1.24 bits per heavy atom. The maximum Gasteiger partial charge on any atom is 0.247 e. The number of nitrogens with zero attached hydrogens (tertiary/aromatic N) is 3. The van der Waals surface area contributed by atoms with Gasteiger partial charge in [0.2, 0.25) is 5.91 Å². The van der Waals surface area contributed by atoms with Crippen LogP contribution >= 0.6 is 23.4 Å². The molecule has 4 rings (SSSR count). The summed E-state index contributed by atoms with van der Waals surface area (Å²) in [6.07, 6.45) is 2.21. The van der Waals surface area contributed by atoms with Crippen LogP contribution in [0.1, 0.15) is 24.9 Å². The topological polar surface area (TPSA) is 69.0 Å². The molecule has 2 aromatic heterocycles. The van der Waals surface area contributed by atoms with Crippen molar-refractivity contribution in [3.8, 4) is 5.75 Å². The van der Waals surface area contributed by atoms with E-state index in [1.165, 1.54) is 31.0 Å². The number of methoxy groups -OCH3 is 1. The number of carbonyl (C=O) groups excluding carboxylic acids is 1. The van der Waals surface area contributed by atoms with Gasteiger partial charge >= 0.3 is 0 Å². The van der Waals surface area contributed by atoms with Crippen molar-refractivity contribution < 1.29 is 13.9 Å². The van der Waals surface area contributed by atoms with Gasteiger partial charge in [0.05, 0.1) is 12.1 Å². The molecule has 0 aliphatic carbocycles. The second-order valence-corrected chi connectivity index (χ2v) is 8.64. The first-order chi connectivity index (χ1) is 16.0. The molecule has 2 heterocycles. The van der Waals surface area contributed by atoms with Gasteiger partial charge in [-0.25, -0.2) is 14.4 Å². The van der Waals surface area contributed by atoms with Crippen molar-refractivity contribution >= 4 is 46.1 Å². The Morgan fingerprint density at radius 3 is 2.73 bits per heavy atom. The highest BCUT2D eigenvalue weighted by Crippen LogP contribution is 2.32. The molecule has 2 aromatic carbocycles. The fraction of sp³-hybridized carbons (Fsp3) is 0.208. The minimum Gasteiger partial charge on any atom is -0.495 e. The van der Waals surface area contributed by atoms with Crippen LogP contribution in [-0.2, 0) is 10.5 Å². The van der Waals surface area contributed by atoms with Gasteiger partial charge in [0.15, 0.2) is 10.8 Å². The Morgan fingerprint density at radius 2 is 2.03 bits per heavy atom. The van der Waals surface area contributed by atoms with E-state index in [2.05, 4.69) is 10.3 Å². The molecule has 0 saturated carbocycles. The minimum absolute atomic E-state index is 0.202. The summed E-state index contributed by atoms with van der Waals surface area (Å²) in [4.78, 5) is 22.5. The summed E-state index contributed by atoms with van der Waals surface area (Å²) in [6.45, 7) is 1.94. The number of hydrogen-bond donors (Lipinski definition) is 1. The average molecular weight is 485 g/mol. The molecule has 170 valence electrons. The molecule has 1 amide bonds. The van der Waals surface area contributed by atoms with Gasteiger partial charge in [-0.15, -0.1) is 0 Å². The standard InChI is InChI=1S/C24H22ClFN4O2S/c1-3-20(23(31)28-17-10-11-21(32-2)18(25)13-17)30-22-19(5-4-12-27-22)29-24(30)33-14-15-6-8-16(26)9-7-15/h4-13,20H,3,14H2,1-2H3,(H,28,31). The van der Waals surface area contributed by atoms with Gasteiger partial charge in [-0.2, -0.15) is 0 Å². The van der Waals surface area contributed by atoms with Crippen LogP contribution in [0.5, 0.6) is 5.75 Å². The van der Waals surface area contributed by atoms with Crippen LogP contribution in [-0.4, -0.2) is 27.6 Å². The number of carbonyl (C=O) groups is 1. The number of fused-ring (bicyclic) bond motifs is 1. The predicted octanol–water partition coefficient (Wildman–Crippen LogP) is 6.11. The highest BCUT2D eigenvalue weighted by molar-refractivity contribution is 7.98. The quantitative estimate of drug-likeness (QED) is 0.305. The van der Waals surface area contributed by atoms with Crippen molar-refractivity contribution in [3.05, 3.63) is 77.2 Å². The number of aromatic nitrogens is 3. The molecule has 0 aliphatic rings. The van der Waals surface area contributed by atoms with Crippen molar-refractivity contribution in [2.45, 2.75) is 30.3 Å². The van der Waals surface area contributed by atoms with Crippen molar-refractivity contribution in [2.75, 3.05) is 12.4 Å². The van der Waals surface area contributed by atoms with Crippen LogP contribution in [0.2, 0.25) is 5.02 Å². The summed E-state index contributed by atoms with van der Waals surface area (Å²) in [5.41, 5.74) is 2.87. The molecule has 33 heavy (non-hydrogen) atoms. The van der Waals surface area contributed by atoms with E-state index in [4.69, 9.17) is 21.3 Å². The predicted molar refractivity (Wildman–Crippen MR) is 129 cm³/mol. The summed E-state index contributed by atoms with van der Waals surface area (Å²) in [7, 11) is 1.54. The molecule has 0 radical (unpaired) electrons. The van der Waals surface area contributed by atoms with Crippen LogP contribution in [0.25, 0.3) is 11.2 Å². The molecular formula is C24H22ClFN4O2S. The Bertz CT molecular complexity index is 1280. The molecule has 0 saturated heterocycles.